The number of ether oxygens (including phenoxy) is 1. The second-order valence-corrected chi connectivity index (χ2v) is 6.02. The van der Waals surface area contributed by atoms with Crippen LogP contribution in [0.5, 0.6) is 5.75 Å². The van der Waals surface area contributed by atoms with E-state index < -0.39 is 0 Å². The molecule has 0 saturated heterocycles. The Bertz CT molecular complexity index is 858. The molecule has 0 saturated carbocycles. The molecule has 2 heterocycles. The number of methoxy groups -OCH3 is 1. The molecule has 0 atom stereocenters. The summed E-state index contributed by atoms with van der Waals surface area (Å²) in [5, 5.41) is 3.00. The Kier molecular flexibility index (Phi) is 5.73. The van der Waals surface area contributed by atoms with Crippen molar-refractivity contribution in [3.63, 3.8) is 0 Å². The van der Waals surface area contributed by atoms with Crippen LogP contribution in [0, 0.1) is 0 Å². The fourth-order valence-corrected chi connectivity index (χ4v) is 2.84. The molecule has 0 spiro atoms. The van der Waals surface area contributed by atoms with Crippen molar-refractivity contribution in [2.45, 2.75) is 19.9 Å². The number of amides is 2. The molecule has 1 N–H and O–H groups in total. The molecule has 2 aromatic heterocycles. The first kappa shape index (κ1) is 17.8. The molecule has 6 nitrogen and oxygen atoms in total. The number of nitrogens with zero attached hydrogens (tertiary/aromatic N) is 3. The molecular formula is C20H24N4O2. The summed E-state index contributed by atoms with van der Waals surface area (Å²) < 4.78 is 7.16. The van der Waals surface area contributed by atoms with E-state index in [4.69, 9.17) is 4.74 Å². The van der Waals surface area contributed by atoms with E-state index in [1.54, 1.807) is 12.0 Å². The summed E-state index contributed by atoms with van der Waals surface area (Å²) in [5.41, 5.74) is 3.04. The second-order valence-electron chi connectivity index (χ2n) is 6.02. The summed E-state index contributed by atoms with van der Waals surface area (Å²) >= 11 is 0. The molecule has 6 heteroatoms. The van der Waals surface area contributed by atoms with Gasteiger partial charge in [0.05, 0.1) is 25.5 Å². The lowest BCUT2D eigenvalue weighted by atomic mass is 10.1. The summed E-state index contributed by atoms with van der Waals surface area (Å²) in [7, 11) is 1.65. The van der Waals surface area contributed by atoms with E-state index in [2.05, 4.69) is 10.3 Å². The van der Waals surface area contributed by atoms with E-state index in [1.807, 2.05) is 66.2 Å². The Labute approximate surface area is 153 Å². The zero-order valence-corrected chi connectivity index (χ0v) is 15.2. The molecule has 2 amide bonds. The second kappa shape index (κ2) is 8.38. The third-order valence-electron chi connectivity index (χ3n) is 4.36. The first-order valence-electron chi connectivity index (χ1n) is 8.78. The predicted molar refractivity (Wildman–Crippen MR) is 101 cm³/mol. The minimum Gasteiger partial charge on any atom is -0.497 e. The molecule has 1 aromatic carbocycles. The molecule has 0 aliphatic heterocycles. The van der Waals surface area contributed by atoms with Gasteiger partial charge in [-0.2, -0.15) is 0 Å². The average molecular weight is 352 g/mol. The molecule has 0 bridgehead atoms. The van der Waals surface area contributed by atoms with Gasteiger partial charge in [-0.15, -0.1) is 0 Å². The number of hydrogen-bond donors (Lipinski definition) is 1. The number of imidazole rings is 1. The van der Waals surface area contributed by atoms with Crippen LogP contribution in [0.15, 0.2) is 54.9 Å². The molecule has 3 rings (SSSR count). The Morgan fingerprint density at radius 1 is 1.23 bits per heavy atom. The number of hydrogen-bond acceptors (Lipinski definition) is 3. The lowest BCUT2D eigenvalue weighted by Crippen LogP contribution is -2.40. The molecule has 136 valence electrons. The number of carbonyl (C=O) groups excluding carboxylic acids is 1. The van der Waals surface area contributed by atoms with Crippen LogP contribution in [-0.2, 0) is 13.0 Å². The van der Waals surface area contributed by atoms with Gasteiger partial charge in [0.15, 0.2) is 0 Å². The van der Waals surface area contributed by atoms with Gasteiger partial charge in [0, 0.05) is 19.3 Å². The fraction of sp³-hybridized carbons (Fsp3) is 0.300. The average Bonchev–Trinajstić information content (AvgIpc) is 3.09. The van der Waals surface area contributed by atoms with Crippen LogP contribution >= 0.6 is 0 Å². The lowest BCUT2D eigenvalue weighted by Gasteiger charge is -2.21. The third kappa shape index (κ3) is 4.14. The van der Waals surface area contributed by atoms with Crippen LogP contribution in [0.2, 0.25) is 0 Å². The third-order valence-corrected chi connectivity index (χ3v) is 4.36. The maximum atomic E-state index is 12.5. The maximum Gasteiger partial charge on any atom is 0.317 e. The van der Waals surface area contributed by atoms with Gasteiger partial charge in [-0.05, 0) is 43.2 Å². The summed E-state index contributed by atoms with van der Waals surface area (Å²) in [5.74, 6) is 0.836. The Morgan fingerprint density at radius 3 is 2.77 bits per heavy atom. The summed E-state index contributed by atoms with van der Waals surface area (Å²) in [6, 6.07) is 13.7. The number of aromatic nitrogens is 2. The van der Waals surface area contributed by atoms with Gasteiger partial charge in [-0.25, -0.2) is 9.78 Å². The van der Waals surface area contributed by atoms with Crippen molar-refractivity contribution < 1.29 is 9.53 Å². The normalized spacial score (nSPS) is 10.7. The van der Waals surface area contributed by atoms with Crippen molar-refractivity contribution in [3.8, 4) is 5.75 Å². The van der Waals surface area contributed by atoms with Crippen LogP contribution in [-0.4, -0.2) is 40.5 Å². The van der Waals surface area contributed by atoms with E-state index in [9.17, 15) is 4.79 Å². The van der Waals surface area contributed by atoms with Gasteiger partial charge in [0.2, 0.25) is 0 Å². The zero-order valence-electron chi connectivity index (χ0n) is 15.2. The number of fused-ring (bicyclic) bond motifs is 1. The number of rotatable bonds is 7. The number of nitrogens with one attached hydrogen (secondary N) is 1. The van der Waals surface area contributed by atoms with Crippen LogP contribution in [0.25, 0.3) is 5.65 Å². The monoisotopic (exact) mass is 352 g/mol. The van der Waals surface area contributed by atoms with Gasteiger partial charge in [-0.3, -0.25) is 0 Å². The van der Waals surface area contributed by atoms with Gasteiger partial charge in [0.1, 0.15) is 11.4 Å². The Balaban J connectivity index is 1.55. The highest BCUT2D eigenvalue weighted by atomic mass is 16.5. The van der Waals surface area contributed by atoms with Crippen molar-refractivity contribution >= 4 is 11.7 Å². The van der Waals surface area contributed by atoms with E-state index in [0.717, 1.165) is 29.1 Å². The van der Waals surface area contributed by atoms with Gasteiger partial charge >= 0.3 is 6.03 Å². The molecule has 0 fully saturated rings. The maximum absolute atomic E-state index is 12.5. The molecule has 3 aromatic rings. The topological polar surface area (TPSA) is 58.9 Å². The largest absolute Gasteiger partial charge is 0.497 e. The van der Waals surface area contributed by atoms with Gasteiger partial charge in [0.25, 0.3) is 0 Å². The molecular weight excluding hydrogens is 328 g/mol. The van der Waals surface area contributed by atoms with Crippen molar-refractivity contribution in [2.24, 2.45) is 0 Å². The molecule has 0 aliphatic carbocycles. The zero-order chi connectivity index (χ0) is 18.4. The van der Waals surface area contributed by atoms with Crippen LogP contribution < -0.4 is 10.1 Å². The van der Waals surface area contributed by atoms with Crippen molar-refractivity contribution in [1.29, 1.82) is 0 Å². The van der Waals surface area contributed by atoms with E-state index in [1.165, 1.54) is 0 Å². The number of benzene rings is 1. The Hall–Kier alpha value is -3.02. The van der Waals surface area contributed by atoms with Gasteiger partial charge < -0.3 is 19.4 Å². The quantitative estimate of drug-likeness (QED) is 0.711. The first-order valence-corrected chi connectivity index (χ1v) is 8.78. The van der Waals surface area contributed by atoms with Crippen molar-refractivity contribution in [3.05, 3.63) is 66.1 Å². The minimum atomic E-state index is -0.0631. The van der Waals surface area contributed by atoms with E-state index >= 15 is 0 Å². The molecule has 0 unspecified atom stereocenters. The number of carbonyl (C=O) groups is 1. The molecule has 26 heavy (non-hydrogen) atoms. The number of pyridine rings is 1. The standard InChI is InChI=1S/C20H24N4O2/c1-3-23(15-17-14-22-19-6-4-5-13-24(17)19)20(25)21-12-11-16-7-9-18(26-2)10-8-16/h4-10,13-14H,3,11-12,15H2,1-2H3,(H,21,25). The molecule has 0 aliphatic rings. The van der Waals surface area contributed by atoms with Crippen LogP contribution in [0.1, 0.15) is 18.2 Å². The molecule has 0 radical (unpaired) electrons. The predicted octanol–water partition coefficient (Wildman–Crippen LogP) is 3.12. The summed E-state index contributed by atoms with van der Waals surface area (Å²) in [4.78, 5) is 18.7. The van der Waals surface area contributed by atoms with E-state index in [0.29, 0.717) is 19.6 Å². The van der Waals surface area contributed by atoms with Crippen molar-refractivity contribution in [1.82, 2.24) is 19.6 Å². The highest BCUT2D eigenvalue weighted by Gasteiger charge is 2.14. The van der Waals surface area contributed by atoms with E-state index in [-0.39, 0.29) is 6.03 Å². The van der Waals surface area contributed by atoms with Gasteiger partial charge in [-0.1, -0.05) is 18.2 Å². The summed E-state index contributed by atoms with van der Waals surface area (Å²) in [6.07, 6.45) is 4.57. The van der Waals surface area contributed by atoms with Crippen molar-refractivity contribution in [2.75, 3.05) is 20.2 Å². The van der Waals surface area contributed by atoms with Crippen LogP contribution in [0.4, 0.5) is 4.79 Å². The SMILES string of the molecule is CCN(Cc1cnc2ccccn12)C(=O)NCCc1ccc(OC)cc1. The van der Waals surface area contributed by atoms with Crippen LogP contribution in [0.3, 0.4) is 0 Å². The first-order chi connectivity index (χ1) is 12.7. The lowest BCUT2D eigenvalue weighted by molar-refractivity contribution is 0.197. The minimum absolute atomic E-state index is 0.0631. The fourth-order valence-electron chi connectivity index (χ4n) is 2.84. The Morgan fingerprint density at radius 2 is 2.04 bits per heavy atom. The number of urea groups is 1. The smallest absolute Gasteiger partial charge is 0.317 e. The highest BCUT2D eigenvalue weighted by molar-refractivity contribution is 5.74. The summed E-state index contributed by atoms with van der Waals surface area (Å²) in [6.45, 7) is 3.73. The highest BCUT2D eigenvalue weighted by Crippen LogP contribution is 2.12.